The van der Waals surface area contributed by atoms with Crippen molar-refractivity contribution in [2.75, 3.05) is 19.8 Å². The summed E-state index contributed by atoms with van der Waals surface area (Å²) in [4.78, 5) is 16.7. The summed E-state index contributed by atoms with van der Waals surface area (Å²) >= 11 is 0. The highest BCUT2D eigenvalue weighted by atomic mass is 16.5. The Morgan fingerprint density at radius 3 is 2.54 bits per heavy atom. The lowest BCUT2D eigenvalue weighted by molar-refractivity contribution is -0.136. The highest BCUT2D eigenvalue weighted by Crippen LogP contribution is 2.29. The molecule has 5 nitrogen and oxygen atoms in total. The zero-order valence-corrected chi connectivity index (χ0v) is 13.7. The van der Waals surface area contributed by atoms with Crippen LogP contribution in [0.25, 0.3) is 11.1 Å². The molecule has 24 heavy (non-hydrogen) atoms. The van der Waals surface area contributed by atoms with Gasteiger partial charge in [0.05, 0.1) is 5.41 Å². The highest BCUT2D eigenvalue weighted by Gasteiger charge is 2.38. The molecule has 2 aromatic rings. The zero-order valence-electron chi connectivity index (χ0n) is 13.7. The van der Waals surface area contributed by atoms with Gasteiger partial charge < -0.3 is 15.8 Å². The Bertz CT molecular complexity index is 665. The number of hydrogen-bond donors (Lipinski definition) is 2. The van der Waals surface area contributed by atoms with Crippen molar-refractivity contribution in [2.24, 2.45) is 11.1 Å². The van der Waals surface area contributed by atoms with Crippen LogP contribution in [-0.2, 0) is 16.1 Å². The van der Waals surface area contributed by atoms with E-state index in [-0.39, 0.29) is 5.91 Å². The van der Waals surface area contributed by atoms with E-state index in [9.17, 15) is 4.79 Å². The first kappa shape index (κ1) is 16.6. The van der Waals surface area contributed by atoms with Gasteiger partial charge in [0, 0.05) is 38.7 Å². The van der Waals surface area contributed by atoms with Gasteiger partial charge >= 0.3 is 0 Å². The molecule has 126 valence electrons. The fourth-order valence-corrected chi connectivity index (χ4v) is 3.00. The van der Waals surface area contributed by atoms with Gasteiger partial charge in [-0.2, -0.15) is 0 Å². The first-order chi connectivity index (χ1) is 11.7. The van der Waals surface area contributed by atoms with Crippen molar-refractivity contribution >= 4 is 5.91 Å². The number of carbonyl (C=O) groups is 1. The topological polar surface area (TPSA) is 77.2 Å². The summed E-state index contributed by atoms with van der Waals surface area (Å²) in [7, 11) is 0. The van der Waals surface area contributed by atoms with Crippen molar-refractivity contribution in [3.8, 4) is 11.1 Å². The number of ether oxygens (including phenoxy) is 1. The molecule has 0 atom stereocenters. The Balaban J connectivity index is 1.61. The second kappa shape index (κ2) is 7.55. The molecule has 0 spiro atoms. The quantitative estimate of drug-likeness (QED) is 0.883. The molecule has 3 rings (SSSR count). The normalized spacial score (nSPS) is 16.5. The van der Waals surface area contributed by atoms with Crippen LogP contribution in [0.2, 0.25) is 0 Å². The van der Waals surface area contributed by atoms with Crippen LogP contribution in [0, 0.1) is 5.41 Å². The molecule has 0 unspecified atom stereocenters. The average Bonchev–Trinajstić information content (AvgIpc) is 2.67. The number of benzene rings is 1. The second-order valence-electron chi connectivity index (χ2n) is 6.22. The van der Waals surface area contributed by atoms with Crippen LogP contribution in [0.5, 0.6) is 0 Å². The maximum absolute atomic E-state index is 12.6. The zero-order chi connectivity index (χ0) is 16.8. The Labute approximate surface area is 142 Å². The summed E-state index contributed by atoms with van der Waals surface area (Å²) in [5, 5.41) is 3.03. The summed E-state index contributed by atoms with van der Waals surface area (Å²) < 4.78 is 5.35. The minimum atomic E-state index is -0.478. The summed E-state index contributed by atoms with van der Waals surface area (Å²) in [6.45, 7) is 2.08. The van der Waals surface area contributed by atoms with Crippen LogP contribution < -0.4 is 11.1 Å². The molecule has 1 fully saturated rings. The number of hydrogen-bond acceptors (Lipinski definition) is 4. The molecule has 5 heteroatoms. The summed E-state index contributed by atoms with van der Waals surface area (Å²) in [5.74, 6) is 0.0321. The summed E-state index contributed by atoms with van der Waals surface area (Å²) in [6.07, 6.45) is 4.98. The molecule has 1 aromatic heterocycles. The number of nitrogens with zero attached hydrogens (tertiary/aromatic N) is 1. The van der Waals surface area contributed by atoms with Crippen molar-refractivity contribution in [1.82, 2.24) is 10.3 Å². The van der Waals surface area contributed by atoms with Gasteiger partial charge in [0.25, 0.3) is 0 Å². The maximum Gasteiger partial charge on any atom is 0.227 e. The lowest BCUT2D eigenvalue weighted by atomic mass is 9.79. The number of aromatic nitrogens is 1. The molecule has 0 aliphatic carbocycles. The van der Waals surface area contributed by atoms with E-state index in [0.29, 0.717) is 39.1 Å². The van der Waals surface area contributed by atoms with E-state index in [1.807, 2.05) is 42.6 Å². The van der Waals surface area contributed by atoms with Crippen LogP contribution >= 0.6 is 0 Å². The second-order valence-corrected chi connectivity index (χ2v) is 6.22. The molecule has 1 saturated heterocycles. The molecule has 1 aromatic carbocycles. The van der Waals surface area contributed by atoms with Gasteiger partial charge in [-0.3, -0.25) is 9.78 Å². The Morgan fingerprint density at radius 1 is 1.17 bits per heavy atom. The molecule has 3 N–H and O–H groups in total. The molecule has 2 heterocycles. The van der Waals surface area contributed by atoms with Crippen molar-refractivity contribution in [2.45, 2.75) is 19.4 Å². The lowest BCUT2D eigenvalue weighted by Crippen LogP contribution is -2.48. The van der Waals surface area contributed by atoms with Gasteiger partial charge in [0.1, 0.15) is 0 Å². The Hall–Kier alpha value is -2.24. The smallest absolute Gasteiger partial charge is 0.227 e. The van der Waals surface area contributed by atoms with Crippen molar-refractivity contribution in [3.63, 3.8) is 0 Å². The van der Waals surface area contributed by atoms with E-state index in [1.165, 1.54) is 0 Å². The van der Waals surface area contributed by atoms with Gasteiger partial charge in [-0.15, -0.1) is 0 Å². The largest absolute Gasteiger partial charge is 0.381 e. The number of nitrogens with one attached hydrogen (secondary N) is 1. The molecular weight excluding hydrogens is 302 g/mol. The molecule has 0 radical (unpaired) electrons. The standard InChI is InChI=1S/C19H23N3O2/c20-14-19(7-10-24-11-8-19)18(23)22-12-15-3-5-16(6-4-15)17-2-1-9-21-13-17/h1-6,9,13H,7-8,10-12,14,20H2,(H,22,23). The van der Waals surface area contributed by atoms with Crippen molar-refractivity contribution < 1.29 is 9.53 Å². The fraction of sp³-hybridized carbons (Fsp3) is 0.368. The van der Waals surface area contributed by atoms with Crippen LogP contribution in [0.4, 0.5) is 0 Å². The van der Waals surface area contributed by atoms with Crippen LogP contribution in [-0.4, -0.2) is 30.6 Å². The van der Waals surface area contributed by atoms with E-state index in [1.54, 1.807) is 6.20 Å². The third-order valence-electron chi connectivity index (χ3n) is 4.72. The molecular formula is C19H23N3O2. The summed E-state index contributed by atoms with van der Waals surface area (Å²) in [6, 6.07) is 12.1. The van der Waals surface area contributed by atoms with Gasteiger partial charge in [-0.25, -0.2) is 0 Å². The third-order valence-corrected chi connectivity index (χ3v) is 4.72. The molecule has 1 aliphatic heterocycles. The molecule has 0 saturated carbocycles. The SMILES string of the molecule is NCC1(C(=O)NCc2ccc(-c3cccnc3)cc2)CCOCC1. The van der Waals surface area contributed by atoms with E-state index in [4.69, 9.17) is 10.5 Å². The van der Waals surface area contributed by atoms with Crippen LogP contribution in [0.15, 0.2) is 48.8 Å². The van der Waals surface area contributed by atoms with E-state index in [2.05, 4.69) is 10.3 Å². The van der Waals surface area contributed by atoms with E-state index < -0.39 is 5.41 Å². The minimum absolute atomic E-state index is 0.0321. The van der Waals surface area contributed by atoms with E-state index in [0.717, 1.165) is 16.7 Å². The highest BCUT2D eigenvalue weighted by molar-refractivity contribution is 5.83. The van der Waals surface area contributed by atoms with E-state index >= 15 is 0 Å². The first-order valence-electron chi connectivity index (χ1n) is 8.29. The monoisotopic (exact) mass is 325 g/mol. The average molecular weight is 325 g/mol. The van der Waals surface area contributed by atoms with Crippen LogP contribution in [0.1, 0.15) is 18.4 Å². The van der Waals surface area contributed by atoms with Crippen molar-refractivity contribution in [1.29, 1.82) is 0 Å². The number of amides is 1. The number of nitrogens with two attached hydrogens (primary N) is 1. The Kier molecular flexibility index (Phi) is 5.23. The summed E-state index contributed by atoms with van der Waals surface area (Å²) in [5.41, 5.74) is 8.65. The molecule has 1 amide bonds. The van der Waals surface area contributed by atoms with Gasteiger partial charge in [-0.1, -0.05) is 30.3 Å². The maximum atomic E-state index is 12.6. The van der Waals surface area contributed by atoms with Gasteiger partial charge in [0.2, 0.25) is 5.91 Å². The predicted octanol–water partition coefficient (Wildman–Crippen LogP) is 2.12. The molecule has 0 bridgehead atoms. The number of rotatable bonds is 5. The fourth-order valence-electron chi connectivity index (χ4n) is 3.00. The number of pyridine rings is 1. The Morgan fingerprint density at radius 2 is 1.92 bits per heavy atom. The molecule has 1 aliphatic rings. The van der Waals surface area contributed by atoms with Gasteiger partial charge in [-0.05, 0) is 35.6 Å². The van der Waals surface area contributed by atoms with Crippen LogP contribution in [0.3, 0.4) is 0 Å². The van der Waals surface area contributed by atoms with Gasteiger partial charge in [0.15, 0.2) is 0 Å². The van der Waals surface area contributed by atoms with Crippen molar-refractivity contribution in [3.05, 3.63) is 54.4 Å². The number of carbonyl (C=O) groups excluding carboxylic acids is 1. The third kappa shape index (κ3) is 3.63. The predicted molar refractivity (Wildman–Crippen MR) is 93.1 cm³/mol. The first-order valence-corrected chi connectivity index (χ1v) is 8.29. The minimum Gasteiger partial charge on any atom is -0.381 e. The lowest BCUT2D eigenvalue weighted by Gasteiger charge is -2.34.